The monoisotopic (exact) mass is 856 g/mol. The molecule has 3 aliphatic heterocycles. The quantitative estimate of drug-likeness (QED) is 0.132. The number of nitrogens with zero attached hydrogens (tertiary/aromatic N) is 8. The van der Waals surface area contributed by atoms with Crippen LogP contribution >= 0.6 is 12.4 Å². The summed E-state index contributed by atoms with van der Waals surface area (Å²) in [5.41, 5.74) is 1.70. The lowest BCUT2D eigenvalue weighted by Crippen LogP contribution is -2.50. The summed E-state index contributed by atoms with van der Waals surface area (Å²) in [5.74, 6) is 0.648. The minimum absolute atomic E-state index is 0. The number of piperazine rings is 2. The summed E-state index contributed by atoms with van der Waals surface area (Å²) < 4.78 is 37.0. The number of aromatic hydroxyl groups is 1. The second-order valence-corrected chi connectivity index (χ2v) is 20.2. The molecule has 0 atom stereocenters. The third-order valence-electron chi connectivity index (χ3n) is 10.2. The van der Waals surface area contributed by atoms with Gasteiger partial charge in [0.1, 0.15) is 23.1 Å². The average molecular weight is 857 g/mol. The lowest BCUT2D eigenvalue weighted by Gasteiger charge is -2.36. The first-order chi connectivity index (χ1) is 27.7. The Hall–Kier alpha value is -5.33. The van der Waals surface area contributed by atoms with Gasteiger partial charge >= 0.3 is 12.1 Å². The third-order valence-corrected chi connectivity index (χ3v) is 14.6. The van der Waals surface area contributed by atoms with Crippen molar-refractivity contribution in [2.24, 2.45) is 0 Å². The van der Waals surface area contributed by atoms with Crippen LogP contribution in [0.15, 0.2) is 73.3 Å². The molecule has 0 aromatic carbocycles. The number of rotatable bonds is 6. The molecule has 15 nitrogen and oxygen atoms in total. The van der Waals surface area contributed by atoms with Crippen molar-refractivity contribution in [3.8, 4) is 11.5 Å². The Morgan fingerprint density at radius 2 is 1.14 bits per heavy atom. The molecule has 19 heteroatoms. The molecule has 59 heavy (non-hydrogen) atoms. The smallest absolute Gasteiger partial charge is 0.323 e. The Bertz CT molecular complexity index is 1880. The average Bonchev–Trinajstić information content (AvgIpc) is 3.81. The molecule has 0 saturated carbocycles. The number of anilines is 4. The Morgan fingerprint density at radius 1 is 0.678 bits per heavy atom. The van der Waals surface area contributed by atoms with Crippen molar-refractivity contribution < 1.29 is 32.6 Å². The van der Waals surface area contributed by atoms with Crippen LogP contribution < -0.4 is 24.9 Å². The number of carbonyl (C=O) groups excluding carboxylic acids is 2. The lowest BCUT2D eigenvalue weighted by molar-refractivity contribution is 0.198. The number of carbonyl (C=O) groups is 2. The summed E-state index contributed by atoms with van der Waals surface area (Å²) in [6.07, 6.45) is 8.50. The number of amides is 4. The summed E-state index contributed by atoms with van der Waals surface area (Å²) in [7, 11) is -1.93. The van der Waals surface area contributed by atoms with Gasteiger partial charge in [0, 0.05) is 65.6 Å². The van der Waals surface area contributed by atoms with Gasteiger partial charge in [-0.15, -0.1) is 12.4 Å². The molecule has 0 aliphatic carbocycles. The van der Waals surface area contributed by atoms with E-state index in [9.17, 15) is 23.5 Å². The maximum Gasteiger partial charge on any atom is 0.323 e. The second-order valence-electron chi connectivity index (χ2n) is 15.4. The van der Waals surface area contributed by atoms with Gasteiger partial charge in [0.2, 0.25) is 11.9 Å². The summed E-state index contributed by atoms with van der Waals surface area (Å²) in [6, 6.07) is 12.2. The second kappa shape index (κ2) is 21.6. The zero-order valence-electron chi connectivity index (χ0n) is 34.2. The number of halogens is 3. The van der Waals surface area contributed by atoms with Crippen LogP contribution in [0.25, 0.3) is 0 Å². The van der Waals surface area contributed by atoms with Crippen molar-refractivity contribution >= 4 is 55.8 Å². The molecule has 320 valence electrons. The van der Waals surface area contributed by atoms with Gasteiger partial charge in [0.25, 0.3) is 8.32 Å². The normalized spacial score (nSPS) is 15.4. The van der Waals surface area contributed by atoms with E-state index in [-0.39, 0.29) is 35.3 Å². The van der Waals surface area contributed by atoms with Gasteiger partial charge < -0.3 is 33.9 Å². The molecule has 0 unspecified atom stereocenters. The van der Waals surface area contributed by atoms with Gasteiger partial charge in [-0.25, -0.2) is 29.5 Å². The third kappa shape index (κ3) is 14.2. The minimum Gasteiger partial charge on any atom is -0.542 e. The van der Waals surface area contributed by atoms with Crippen LogP contribution in [-0.4, -0.2) is 121 Å². The van der Waals surface area contributed by atoms with Crippen LogP contribution in [0.4, 0.5) is 41.4 Å². The predicted molar refractivity (Wildman–Crippen MR) is 229 cm³/mol. The fourth-order valence-corrected chi connectivity index (χ4v) is 6.77. The van der Waals surface area contributed by atoms with E-state index in [0.717, 1.165) is 30.3 Å². The Kier molecular flexibility index (Phi) is 17.0. The standard InChI is InChI=1S/C21H30FN5O2Si.C15H16FN5O2.C4H8O.ClH/c1-21(2,3)30(4,5)29-17-7-9-19(24-15-17)25-20(28)27-12-10-26(11-13-27)16-6-8-18(22)23-14-16;16-13-3-1-11(9-17-13)20-5-7-21(8-6-20)15(23)19-14-4-2-12(22)10-18-14;1-2-4-5-3-1;/h6-9,14-15H,10-13H2,1-5H3,(H,24,25,28);1-4,9-10,22H,5-8H2,(H,18,19,23);1-4H2;1H. The number of aromatic nitrogens is 4. The molecular formula is C40H55ClF2N10O5Si. The van der Waals surface area contributed by atoms with E-state index in [1.807, 2.05) is 6.07 Å². The topological polar surface area (TPSA) is 161 Å². The molecule has 3 aliphatic rings. The van der Waals surface area contributed by atoms with Crippen LogP contribution in [0, 0.1) is 11.9 Å². The highest BCUT2D eigenvalue weighted by Gasteiger charge is 2.39. The highest BCUT2D eigenvalue weighted by molar-refractivity contribution is 6.74. The van der Waals surface area contributed by atoms with Gasteiger partial charge in [-0.3, -0.25) is 10.6 Å². The number of ether oxygens (including phenoxy) is 1. The number of nitrogens with one attached hydrogen (secondary N) is 2. The van der Waals surface area contributed by atoms with E-state index in [2.05, 4.69) is 74.2 Å². The first kappa shape index (κ1) is 46.4. The van der Waals surface area contributed by atoms with E-state index in [1.165, 1.54) is 55.7 Å². The van der Waals surface area contributed by atoms with Crippen LogP contribution in [0.1, 0.15) is 33.6 Å². The highest BCUT2D eigenvalue weighted by atomic mass is 35.5. The summed E-state index contributed by atoms with van der Waals surface area (Å²) in [6.45, 7) is 17.8. The van der Waals surface area contributed by atoms with E-state index in [4.69, 9.17) is 9.16 Å². The molecule has 3 N–H and O–H groups in total. The number of pyridine rings is 4. The van der Waals surface area contributed by atoms with Crippen molar-refractivity contribution in [2.75, 3.05) is 86.0 Å². The van der Waals surface area contributed by atoms with Gasteiger partial charge in [-0.2, -0.15) is 8.78 Å². The molecular weight excluding hydrogens is 802 g/mol. The van der Waals surface area contributed by atoms with Crippen molar-refractivity contribution in [3.63, 3.8) is 0 Å². The largest absolute Gasteiger partial charge is 0.542 e. The summed E-state index contributed by atoms with van der Waals surface area (Å²) in [5, 5.41) is 14.8. The zero-order valence-corrected chi connectivity index (χ0v) is 36.1. The molecule has 4 aromatic heterocycles. The maximum absolute atomic E-state index is 13.0. The SMILES string of the molecule is C1CCOC1.CC(C)(C)[Si](C)(C)Oc1ccc(NC(=O)N2CCN(c3ccc(F)nc3)CC2)nc1.Cl.O=C(Nc1ccc(O)cn1)N1CCN(c2ccc(F)nc2)CC1. The van der Waals surface area contributed by atoms with E-state index in [0.29, 0.717) is 64.0 Å². The first-order valence-corrected chi connectivity index (χ1v) is 22.3. The minimum atomic E-state index is -1.93. The number of hydrogen-bond acceptors (Lipinski definition) is 11. The predicted octanol–water partition coefficient (Wildman–Crippen LogP) is 7.25. The van der Waals surface area contributed by atoms with E-state index in [1.54, 1.807) is 34.2 Å². The summed E-state index contributed by atoms with van der Waals surface area (Å²) in [4.78, 5) is 47.9. The van der Waals surface area contributed by atoms with Crippen LogP contribution in [0.5, 0.6) is 11.5 Å². The molecule has 4 amide bonds. The molecule has 0 radical (unpaired) electrons. The highest BCUT2D eigenvalue weighted by Crippen LogP contribution is 2.37. The van der Waals surface area contributed by atoms with Crippen LogP contribution in [0.3, 0.4) is 0 Å². The first-order valence-electron chi connectivity index (χ1n) is 19.4. The lowest BCUT2D eigenvalue weighted by atomic mass is 10.2. The number of urea groups is 2. The molecule has 0 bridgehead atoms. The Morgan fingerprint density at radius 3 is 1.47 bits per heavy atom. The fourth-order valence-electron chi connectivity index (χ4n) is 5.76. The van der Waals surface area contributed by atoms with Gasteiger partial charge in [-0.1, -0.05) is 20.8 Å². The van der Waals surface area contributed by atoms with Gasteiger partial charge in [0.15, 0.2) is 0 Å². The van der Waals surface area contributed by atoms with Crippen molar-refractivity contribution in [1.29, 1.82) is 0 Å². The van der Waals surface area contributed by atoms with Gasteiger partial charge in [-0.05, 0) is 79.5 Å². The fraction of sp³-hybridized carbons (Fsp3) is 0.450. The van der Waals surface area contributed by atoms with E-state index < -0.39 is 20.2 Å². The molecule has 3 saturated heterocycles. The number of hydrogen-bond donors (Lipinski definition) is 3. The van der Waals surface area contributed by atoms with Crippen molar-refractivity contribution in [1.82, 2.24) is 29.7 Å². The van der Waals surface area contributed by atoms with Gasteiger partial charge in [0.05, 0.1) is 36.2 Å². The van der Waals surface area contributed by atoms with Crippen LogP contribution in [0.2, 0.25) is 18.1 Å². The Labute approximate surface area is 351 Å². The molecule has 7 heterocycles. The Balaban J connectivity index is 0.000000234. The zero-order chi connectivity index (χ0) is 41.7. The van der Waals surface area contributed by atoms with Crippen molar-refractivity contribution in [2.45, 2.75) is 51.7 Å². The summed E-state index contributed by atoms with van der Waals surface area (Å²) >= 11 is 0. The van der Waals surface area contributed by atoms with E-state index >= 15 is 0 Å². The molecule has 0 spiro atoms. The molecule has 4 aromatic rings. The maximum atomic E-state index is 13.0. The van der Waals surface area contributed by atoms with Crippen LogP contribution in [-0.2, 0) is 4.74 Å². The molecule has 3 fully saturated rings. The van der Waals surface area contributed by atoms with Crippen molar-refractivity contribution in [3.05, 3.63) is 85.2 Å². The molecule has 7 rings (SSSR count).